The first kappa shape index (κ1) is 9.40. The van der Waals surface area contributed by atoms with Crippen molar-refractivity contribution in [2.45, 2.75) is 13.0 Å². The average molecular weight is 195 g/mol. The smallest absolute Gasteiger partial charge is 0.214 e. The van der Waals surface area contributed by atoms with Crippen LogP contribution in [0.3, 0.4) is 0 Å². The van der Waals surface area contributed by atoms with Gasteiger partial charge in [0.25, 0.3) is 0 Å². The van der Waals surface area contributed by atoms with E-state index in [0.717, 1.165) is 25.3 Å². The fourth-order valence-corrected chi connectivity index (χ4v) is 1.76. The summed E-state index contributed by atoms with van der Waals surface area (Å²) in [4.78, 5) is 5.72. The van der Waals surface area contributed by atoms with Crippen LogP contribution in [0.1, 0.15) is 6.92 Å². The lowest BCUT2D eigenvalue weighted by Crippen LogP contribution is -2.49. The summed E-state index contributed by atoms with van der Waals surface area (Å²) >= 11 is 0. The summed E-state index contributed by atoms with van der Waals surface area (Å²) in [5.74, 6) is -0.409. The van der Waals surface area contributed by atoms with Gasteiger partial charge in [0.05, 0.1) is 0 Å². The van der Waals surface area contributed by atoms with Crippen LogP contribution in [0.4, 0.5) is 10.1 Å². The van der Waals surface area contributed by atoms with E-state index in [2.05, 4.69) is 22.1 Å². The minimum atomic E-state index is -0.409. The number of anilines is 1. The molecule has 1 fully saturated rings. The minimum absolute atomic E-state index is 0.409. The van der Waals surface area contributed by atoms with E-state index in [1.165, 1.54) is 12.3 Å². The summed E-state index contributed by atoms with van der Waals surface area (Å²) < 4.78 is 12.9. The topological polar surface area (TPSA) is 28.2 Å². The number of hydrogen-bond acceptors (Lipinski definition) is 3. The zero-order valence-electron chi connectivity index (χ0n) is 8.20. The minimum Gasteiger partial charge on any atom is -0.369 e. The summed E-state index contributed by atoms with van der Waals surface area (Å²) in [5, 5.41) is 3.35. The number of rotatable bonds is 1. The Hall–Kier alpha value is -1.16. The molecule has 1 aliphatic rings. The van der Waals surface area contributed by atoms with Gasteiger partial charge >= 0.3 is 0 Å². The van der Waals surface area contributed by atoms with Gasteiger partial charge in [0, 0.05) is 43.6 Å². The van der Waals surface area contributed by atoms with Gasteiger partial charge in [-0.2, -0.15) is 4.39 Å². The maximum atomic E-state index is 12.9. The molecule has 1 saturated heterocycles. The fraction of sp³-hybridized carbons (Fsp3) is 0.500. The highest BCUT2D eigenvalue weighted by Crippen LogP contribution is 2.15. The predicted octanol–water partition coefficient (Wildman–Crippen LogP) is 1.02. The SMILES string of the molecule is C[C@H]1CN(c2ccnc(F)c2)CCN1. The van der Waals surface area contributed by atoms with E-state index in [9.17, 15) is 4.39 Å². The maximum Gasteiger partial charge on any atom is 0.214 e. The van der Waals surface area contributed by atoms with Crippen LogP contribution in [0.5, 0.6) is 0 Å². The molecule has 3 nitrogen and oxygen atoms in total. The highest BCUT2D eigenvalue weighted by molar-refractivity contribution is 5.45. The molecule has 14 heavy (non-hydrogen) atoms. The first-order chi connectivity index (χ1) is 6.75. The van der Waals surface area contributed by atoms with Gasteiger partial charge in [0.2, 0.25) is 5.95 Å². The Bertz CT molecular complexity index is 316. The summed E-state index contributed by atoms with van der Waals surface area (Å²) in [5.41, 5.74) is 0.922. The monoisotopic (exact) mass is 195 g/mol. The molecule has 0 unspecified atom stereocenters. The van der Waals surface area contributed by atoms with Crippen molar-refractivity contribution in [1.82, 2.24) is 10.3 Å². The van der Waals surface area contributed by atoms with Crippen LogP contribution in [0.2, 0.25) is 0 Å². The number of hydrogen-bond donors (Lipinski definition) is 1. The van der Waals surface area contributed by atoms with E-state index in [-0.39, 0.29) is 0 Å². The van der Waals surface area contributed by atoms with Crippen molar-refractivity contribution in [3.05, 3.63) is 24.3 Å². The van der Waals surface area contributed by atoms with Gasteiger partial charge in [-0.25, -0.2) is 4.98 Å². The Morgan fingerprint density at radius 1 is 1.64 bits per heavy atom. The standard InChI is InChI=1S/C10H14FN3/c1-8-7-14(5-4-12-8)9-2-3-13-10(11)6-9/h2-3,6,8,12H,4-5,7H2,1H3/t8-/m0/s1. The van der Waals surface area contributed by atoms with E-state index < -0.39 is 5.95 Å². The molecule has 2 rings (SSSR count). The number of piperazine rings is 1. The highest BCUT2D eigenvalue weighted by Gasteiger charge is 2.15. The first-order valence-corrected chi connectivity index (χ1v) is 4.85. The summed E-state index contributed by atoms with van der Waals surface area (Å²) in [6.07, 6.45) is 1.51. The lowest BCUT2D eigenvalue weighted by Gasteiger charge is -2.33. The Kier molecular flexibility index (Phi) is 2.63. The van der Waals surface area contributed by atoms with Crippen molar-refractivity contribution < 1.29 is 4.39 Å². The molecule has 1 aromatic heterocycles. The van der Waals surface area contributed by atoms with E-state index in [1.54, 1.807) is 0 Å². The lowest BCUT2D eigenvalue weighted by atomic mass is 10.2. The molecule has 1 aliphatic heterocycles. The second-order valence-corrected chi connectivity index (χ2v) is 3.64. The summed E-state index contributed by atoms with van der Waals surface area (Å²) in [6.45, 7) is 4.92. The number of pyridine rings is 1. The van der Waals surface area contributed by atoms with Gasteiger partial charge in [-0.3, -0.25) is 0 Å². The zero-order valence-corrected chi connectivity index (χ0v) is 8.20. The molecule has 0 saturated carbocycles. The second kappa shape index (κ2) is 3.92. The number of halogens is 1. The molecule has 1 atom stereocenters. The third-order valence-electron chi connectivity index (χ3n) is 2.44. The van der Waals surface area contributed by atoms with Crippen molar-refractivity contribution in [2.24, 2.45) is 0 Å². The molecule has 0 bridgehead atoms. The quantitative estimate of drug-likeness (QED) is 0.678. The molecular formula is C10H14FN3. The maximum absolute atomic E-state index is 12.9. The van der Waals surface area contributed by atoms with Gasteiger partial charge in [0.15, 0.2) is 0 Å². The molecule has 0 amide bonds. The van der Waals surface area contributed by atoms with Crippen LogP contribution in [0.25, 0.3) is 0 Å². The Balaban J connectivity index is 2.14. The van der Waals surface area contributed by atoms with Gasteiger partial charge in [-0.05, 0) is 13.0 Å². The molecule has 1 aromatic rings. The van der Waals surface area contributed by atoms with Crippen LogP contribution in [0.15, 0.2) is 18.3 Å². The molecule has 0 spiro atoms. The largest absolute Gasteiger partial charge is 0.369 e. The van der Waals surface area contributed by atoms with Crippen molar-refractivity contribution in [1.29, 1.82) is 0 Å². The molecule has 2 heterocycles. The predicted molar refractivity (Wildman–Crippen MR) is 53.9 cm³/mol. The zero-order chi connectivity index (χ0) is 9.97. The van der Waals surface area contributed by atoms with Crippen LogP contribution in [0, 0.1) is 5.95 Å². The van der Waals surface area contributed by atoms with E-state index >= 15 is 0 Å². The van der Waals surface area contributed by atoms with E-state index in [0.29, 0.717) is 6.04 Å². The van der Waals surface area contributed by atoms with Crippen molar-refractivity contribution >= 4 is 5.69 Å². The van der Waals surface area contributed by atoms with E-state index in [4.69, 9.17) is 0 Å². The summed E-state index contributed by atoms with van der Waals surface area (Å²) in [6, 6.07) is 3.79. The summed E-state index contributed by atoms with van der Waals surface area (Å²) in [7, 11) is 0. The Labute approximate surface area is 82.9 Å². The third kappa shape index (κ3) is 2.01. The van der Waals surface area contributed by atoms with Crippen LogP contribution < -0.4 is 10.2 Å². The van der Waals surface area contributed by atoms with Crippen molar-refractivity contribution in [2.75, 3.05) is 24.5 Å². The number of aromatic nitrogens is 1. The normalized spacial score (nSPS) is 22.4. The van der Waals surface area contributed by atoms with Gasteiger partial charge in [-0.1, -0.05) is 0 Å². The fourth-order valence-electron chi connectivity index (χ4n) is 1.76. The number of nitrogens with one attached hydrogen (secondary N) is 1. The van der Waals surface area contributed by atoms with Crippen LogP contribution >= 0.6 is 0 Å². The molecule has 76 valence electrons. The van der Waals surface area contributed by atoms with Gasteiger partial charge < -0.3 is 10.2 Å². The Morgan fingerprint density at radius 3 is 3.21 bits per heavy atom. The molecule has 1 N–H and O–H groups in total. The van der Waals surface area contributed by atoms with Crippen LogP contribution in [-0.2, 0) is 0 Å². The molecule has 0 aromatic carbocycles. The second-order valence-electron chi connectivity index (χ2n) is 3.64. The first-order valence-electron chi connectivity index (χ1n) is 4.85. The molecule has 0 radical (unpaired) electrons. The molecular weight excluding hydrogens is 181 g/mol. The number of nitrogens with zero attached hydrogens (tertiary/aromatic N) is 2. The van der Waals surface area contributed by atoms with Gasteiger partial charge in [0.1, 0.15) is 0 Å². The van der Waals surface area contributed by atoms with Crippen molar-refractivity contribution in [3.63, 3.8) is 0 Å². The molecule has 4 heteroatoms. The lowest BCUT2D eigenvalue weighted by molar-refractivity contribution is 0.483. The average Bonchev–Trinajstić information content (AvgIpc) is 2.18. The van der Waals surface area contributed by atoms with Gasteiger partial charge in [-0.15, -0.1) is 0 Å². The molecule has 0 aliphatic carbocycles. The van der Waals surface area contributed by atoms with Crippen molar-refractivity contribution in [3.8, 4) is 0 Å². The van der Waals surface area contributed by atoms with Crippen LogP contribution in [-0.4, -0.2) is 30.7 Å². The third-order valence-corrected chi connectivity index (χ3v) is 2.44. The Morgan fingerprint density at radius 2 is 2.50 bits per heavy atom. The highest BCUT2D eigenvalue weighted by atomic mass is 19.1. The van der Waals surface area contributed by atoms with E-state index in [1.807, 2.05) is 6.07 Å².